The van der Waals surface area contributed by atoms with Gasteiger partial charge in [0.25, 0.3) is 0 Å². The van der Waals surface area contributed by atoms with Crippen molar-refractivity contribution in [3.8, 4) is 0 Å². The number of aryl methyl sites for hydroxylation is 1. The number of hydrogen-bond acceptors (Lipinski definition) is 4. The molecule has 0 spiro atoms. The van der Waals surface area contributed by atoms with Crippen molar-refractivity contribution in [2.45, 2.75) is 6.92 Å². The molecule has 0 radical (unpaired) electrons. The first-order chi connectivity index (χ1) is 5.66. The molecule has 64 valence electrons. The van der Waals surface area contributed by atoms with Crippen molar-refractivity contribution in [2.75, 3.05) is 7.11 Å². The van der Waals surface area contributed by atoms with E-state index in [0.29, 0.717) is 0 Å². The number of carbonyl (C=O) groups excluding carboxylic acids is 1. The molecule has 1 aromatic heterocycles. The lowest BCUT2D eigenvalue weighted by Gasteiger charge is -2.00. The van der Waals surface area contributed by atoms with Crippen LogP contribution in [0.15, 0.2) is 6.33 Å². The Kier molecular flexibility index (Phi) is 2.32. The lowest BCUT2D eigenvalue weighted by Crippen LogP contribution is -2.09. The van der Waals surface area contributed by atoms with E-state index in [1.807, 2.05) is 0 Å². The molecule has 0 aliphatic heterocycles. The molecular weight excluding hydrogens is 163 g/mol. The van der Waals surface area contributed by atoms with Crippen LogP contribution in [0.4, 0.5) is 4.39 Å². The van der Waals surface area contributed by atoms with Crippen molar-refractivity contribution in [3.63, 3.8) is 0 Å². The maximum absolute atomic E-state index is 13.0. The second-order valence-electron chi connectivity index (χ2n) is 2.11. The fraction of sp³-hybridized carbons (Fsp3) is 0.286. The predicted molar refractivity (Wildman–Crippen MR) is 38.1 cm³/mol. The van der Waals surface area contributed by atoms with Crippen LogP contribution >= 0.6 is 0 Å². The number of hydrogen-bond donors (Lipinski definition) is 0. The van der Waals surface area contributed by atoms with Gasteiger partial charge >= 0.3 is 5.97 Å². The number of nitrogens with zero attached hydrogens (tertiary/aromatic N) is 2. The smallest absolute Gasteiger partial charge is 0.359 e. The fourth-order valence-electron chi connectivity index (χ4n) is 0.697. The van der Waals surface area contributed by atoms with Crippen LogP contribution in [0.2, 0.25) is 0 Å². The van der Waals surface area contributed by atoms with Gasteiger partial charge in [-0.3, -0.25) is 0 Å². The molecule has 4 nitrogen and oxygen atoms in total. The Balaban J connectivity index is 3.16. The zero-order chi connectivity index (χ0) is 9.14. The Morgan fingerprint density at radius 1 is 1.58 bits per heavy atom. The third-order valence-electron chi connectivity index (χ3n) is 1.34. The van der Waals surface area contributed by atoms with Crippen LogP contribution in [0, 0.1) is 12.7 Å². The zero-order valence-electron chi connectivity index (χ0n) is 6.67. The van der Waals surface area contributed by atoms with Gasteiger partial charge in [0.1, 0.15) is 6.33 Å². The Morgan fingerprint density at radius 2 is 2.25 bits per heavy atom. The van der Waals surface area contributed by atoms with Crippen LogP contribution < -0.4 is 0 Å². The van der Waals surface area contributed by atoms with Gasteiger partial charge in [-0.2, -0.15) is 0 Å². The van der Waals surface area contributed by atoms with E-state index < -0.39 is 11.8 Å². The highest BCUT2D eigenvalue weighted by atomic mass is 19.1. The van der Waals surface area contributed by atoms with E-state index >= 15 is 0 Å². The Hall–Kier alpha value is -1.52. The summed E-state index contributed by atoms with van der Waals surface area (Å²) in [5.41, 5.74) is -0.199. The van der Waals surface area contributed by atoms with E-state index in [0.717, 1.165) is 6.33 Å². The Labute approximate surface area is 68.4 Å². The van der Waals surface area contributed by atoms with Crippen LogP contribution in [0.25, 0.3) is 0 Å². The van der Waals surface area contributed by atoms with E-state index in [4.69, 9.17) is 0 Å². The van der Waals surface area contributed by atoms with Crippen molar-refractivity contribution < 1.29 is 13.9 Å². The predicted octanol–water partition coefficient (Wildman–Crippen LogP) is 0.711. The van der Waals surface area contributed by atoms with E-state index in [1.165, 1.54) is 14.0 Å². The first-order valence-electron chi connectivity index (χ1n) is 3.22. The first-order valence-corrected chi connectivity index (χ1v) is 3.22. The van der Waals surface area contributed by atoms with Crippen molar-refractivity contribution in [1.82, 2.24) is 9.97 Å². The molecule has 0 saturated heterocycles. The summed E-state index contributed by atoms with van der Waals surface area (Å²) in [4.78, 5) is 17.8. The summed E-state index contributed by atoms with van der Waals surface area (Å²) in [6.07, 6.45) is 1.12. The van der Waals surface area contributed by atoms with Crippen LogP contribution in [-0.2, 0) is 4.74 Å². The second kappa shape index (κ2) is 3.25. The highest BCUT2D eigenvalue weighted by molar-refractivity contribution is 5.87. The van der Waals surface area contributed by atoms with Crippen molar-refractivity contribution in [3.05, 3.63) is 23.5 Å². The van der Waals surface area contributed by atoms with Gasteiger partial charge in [-0.1, -0.05) is 0 Å². The van der Waals surface area contributed by atoms with E-state index in [2.05, 4.69) is 14.7 Å². The van der Waals surface area contributed by atoms with E-state index in [-0.39, 0.29) is 11.4 Å². The van der Waals surface area contributed by atoms with Gasteiger partial charge in [0, 0.05) is 0 Å². The van der Waals surface area contributed by atoms with Crippen molar-refractivity contribution in [1.29, 1.82) is 0 Å². The second-order valence-corrected chi connectivity index (χ2v) is 2.11. The quantitative estimate of drug-likeness (QED) is 0.582. The summed E-state index contributed by atoms with van der Waals surface area (Å²) in [5, 5.41) is 0. The monoisotopic (exact) mass is 170 g/mol. The zero-order valence-corrected chi connectivity index (χ0v) is 6.67. The minimum absolute atomic E-state index is 0.130. The molecule has 0 aliphatic rings. The fourth-order valence-corrected chi connectivity index (χ4v) is 0.697. The van der Waals surface area contributed by atoms with Crippen LogP contribution in [0.1, 0.15) is 16.2 Å². The summed E-state index contributed by atoms with van der Waals surface area (Å²) in [6, 6.07) is 0. The third kappa shape index (κ3) is 1.39. The molecule has 1 aromatic rings. The molecule has 12 heavy (non-hydrogen) atoms. The first kappa shape index (κ1) is 8.58. The Bertz CT molecular complexity index is 314. The minimum atomic E-state index is -0.794. The van der Waals surface area contributed by atoms with Gasteiger partial charge in [-0.15, -0.1) is 0 Å². The lowest BCUT2D eigenvalue weighted by molar-refractivity contribution is 0.0587. The number of carbonyl (C=O) groups is 1. The normalized spacial score (nSPS) is 9.58. The van der Waals surface area contributed by atoms with Gasteiger partial charge in [-0.25, -0.2) is 19.2 Å². The third-order valence-corrected chi connectivity index (χ3v) is 1.34. The van der Waals surface area contributed by atoms with Gasteiger partial charge < -0.3 is 4.74 Å². The van der Waals surface area contributed by atoms with Gasteiger partial charge in [0.2, 0.25) is 0 Å². The number of ether oxygens (including phenoxy) is 1. The van der Waals surface area contributed by atoms with Gasteiger partial charge in [0.05, 0.1) is 12.8 Å². The van der Waals surface area contributed by atoms with Crippen LogP contribution in [-0.4, -0.2) is 23.0 Å². The molecule has 0 aromatic carbocycles. The molecule has 0 atom stereocenters. The van der Waals surface area contributed by atoms with E-state index in [1.54, 1.807) is 0 Å². The molecule has 0 aliphatic carbocycles. The molecule has 1 heterocycles. The molecule has 0 fully saturated rings. The molecule has 0 amide bonds. The Morgan fingerprint density at radius 3 is 2.83 bits per heavy atom. The maximum Gasteiger partial charge on any atom is 0.359 e. The van der Waals surface area contributed by atoms with Crippen molar-refractivity contribution >= 4 is 5.97 Å². The lowest BCUT2D eigenvalue weighted by atomic mass is 10.3. The SMILES string of the molecule is COC(=O)c1ncnc(C)c1F. The van der Waals surface area contributed by atoms with Gasteiger partial charge in [0.15, 0.2) is 11.5 Å². The molecule has 0 bridgehead atoms. The largest absolute Gasteiger partial charge is 0.464 e. The van der Waals surface area contributed by atoms with Crippen molar-refractivity contribution in [2.24, 2.45) is 0 Å². The number of halogens is 1. The maximum atomic E-state index is 13.0. The summed E-state index contributed by atoms with van der Waals surface area (Å²) >= 11 is 0. The van der Waals surface area contributed by atoms with Crippen LogP contribution in [0.5, 0.6) is 0 Å². The average molecular weight is 170 g/mol. The standard InChI is InChI=1S/C7H7FN2O2/c1-4-5(8)6(7(11)12-2)10-3-9-4/h3H,1-2H3. The summed E-state index contributed by atoms with van der Waals surface area (Å²) in [6.45, 7) is 1.45. The van der Waals surface area contributed by atoms with E-state index in [9.17, 15) is 9.18 Å². The molecule has 1 rings (SSSR count). The van der Waals surface area contributed by atoms with Crippen LogP contribution in [0.3, 0.4) is 0 Å². The summed E-state index contributed by atoms with van der Waals surface area (Å²) in [5.74, 6) is -1.53. The highest BCUT2D eigenvalue weighted by Crippen LogP contribution is 2.06. The molecule has 0 unspecified atom stereocenters. The number of esters is 1. The molecule has 0 N–H and O–H groups in total. The number of aromatic nitrogens is 2. The number of rotatable bonds is 1. The average Bonchev–Trinajstić information content (AvgIpc) is 2.08. The molecule has 5 heteroatoms. The minimum Gasteiger partial charge on any atom is -0.464 e. The van der Waals surface area contributed by atoms with Gasteiger partial charge in [-0.05, 0) is 6.92 Å². The summed E-state index contributed by atoms with van der Waals surface area (Å²) in [7, 11) is 1.17. The molecular formula is C7H7FN2O2. The molecule has 0 saturated carbocycles. The number of methoxy groups -OCH3 is 1. The highest BCUT2D eigenvalue weighted by Gasteiger charge is 2.15. The topological polar surface area (TPSA) is 52.1 Å². The summed E-state index contributed by atoms with van der Waals surface area (Å²) < 4.78 is 17.3.